The van der Waals surface area contributed by atoms with E-state index in [1.54, 1.807) is 30.5 Å². The molecule has 0 aliphatic rings. The smallest absolute Gasteiger partial charge is 0.337 e. The number of benzene rings is 2. The highest BCUT2D eigenvalue weighted by atomic mass is 35.5. The van der Waals surface area contributed by atoms with Crippen LogP contribution in [0.2, 0.25) is 5.02 Å². The molecular formula is C20H19ClN4O2. The van der Waals surface area contributed by atoms with Crippen molar-refractivity contribution in [2.75, 3.05) is 17.7 Å². The first-order valence-electron chi connectivity index (χ1n) is 8.28. The molecule has 3 aromatic rings. The summed E-state index contributed by atoms with van der Waals surface area (Å²) in [6.07, 6.45) is 1.64. The van der Waals surface area contributed by atoms with Crippen LogP contribution >= 0.6 is 11.6 Å². The summed E-state index contributed by atoms with van der Waals surface area (Å²) in [7, 11) is 1.33. The van der Waals surface area contributed by atoms with Gasteiger partial charge in [-0.1, -0.05) is 23.7 Å². The van der Waals surface area contributed by atoms with Crippen molar-refractivity contribution in [3.05, 3.63) is 70.4 Å². The number of methoxy groups -OCH3 is 1. The van der Waals surface area contributed by atoms with Crippen LogP contribution in [-0.4, -0.2) is 23.0 Å². The molecule has 2 aromatic carbocycles. The van der Waals surface area contributed by atoms with Crippen LogP contribution in [0, 0.1) is 13.8 Å². The lowest BCUT2D eigenvalue weighted by molar-refractivity contribution is 0.0601. The number of hydrogen-bond donors (Lipinski definition) is 2. The molecule has 0 unspecified atom stereocenters. The highest BCUT2D eigenvalue weighted by molar-refractivity contribution is 6.33. The Morgan fingerprint density at radius 2 is 1.85 bits per heavy atom. The van der Waals surface area contributed by atoms with Gasteiger partial charge in [-0.05, 0) is 55.3 Å². The zero-order valence-corrected chi connectivity index (χ0v) is 16.0. The van der Waals surface area contributed by atoms with Gasteiger partial charge in [0.1, 0.15) is 5.82 Å². The van der Waals surface area contributed by atoms with Gasteiger partial charge in [0.05, 0.1) is 23.4 Å². The van der Waals surface area contributed by atoms with Crippen molar-refractivity contribution in [2.45, 2.75) is 13.8 Å². The van der Waals surface area contributed by atoms with Crippen molar-refractivity contribution in [3.8, 4) is 0 Å². The maximum absolute atomic E-state index is 11.7. The van der Waals surface area contributed by atoms with Crippen molar-refractivity contribution < 1.29 is 9.53 Å². The van der Waals surface area contributed by atoms with Gasteiger partial charge in [0, 0.05) is 11.9 Å². The summed E-state index contributed by atoms with van der Waals surface area (Å²) in [6.45, 7) is 4.04. The zero-order valence-electron chi connectivity index (χ0n) is 15.2. The Labute approximate surface area is 162 Å². The third-order valence-corrected chi connectivity index (χ3v) is 4.27. The molecule has 0 saturated carbocycles. The van der Waals surface area contributed by atoms with E-state index in [1.807, 2.05) is 26.0 Å². The number of aryl methyl sites for hydroxylation is 2. The van der Waals surface area contributed by atoms with E-state index in [4.69, 9.17) is 16.3 Å². The minimum Gasteiger partial charge on any atom is -0.465 e. The molecule has 0 fully saturated rings. The summed E-state index contributed by atoms with van der Waals surface area (Å²) in [6, 6.07) is 12.7. The van der Waals surface area contributed by atoms with Crippen LogP contribution in [0.15, 0.2) is 48.7 Å². The minimum atomic E-state index is -0.435. The first-order valence-corrected chi connectivity index (χ1v) is 8.66. The minimum absolute atomic E-state index is 0.396. The van der Waals surface area contributed by atoms with Crippen LogP contribution in [0.25, 0.3) is 0 Å². The quantitative estimate of drug-likeness (QED) is 0.603. The molecule has 0 amide bonds. The number of carbonyl (C=O) groups excluding carboxylic acids is 1. The Hall–Kier alpha value is -3.12. The molecule has 0 aliphatic carbocycles. The molecule has 27 heavy (non-hydrogen) atoms. The topological polar surface area (TPSA) is 76.1 Å². The predicted octanol–water partition coefficient (Wildman–Crippen LogP) is 5.02. The second-order valence-electron chi connectivity index (χ2n) is 6.02. The van der Waals surface area contributed by atoms with E-state index in [1.165, 1.54) is 7.11 Å². The van der Waals surface area contributed by atoms with Gasteiger partial charge in [-0.25, -0.2) is 9.78 Å². The monoisotopic (exact) mass is 382 g/mol. The van der Waals surface area contributed by atoms with Crippen LogP contribution in [0.3, 0.4) is 0 Å². The molecule has 0 atom stereocenters. The van der Waals surface area contributed by atoms with Gasteiger partial charge in [-0.15, -0.1) is 0 Å². The van der Waals surface area contributed by atoms with Gasteiger partial charge >= 0.3 is 5.97 Å². The molecule has 2 N–H and O–H groups in total. The number of ether oxygens (including phenoxy) is 1. The molecule has 0 aliphatic heterocycles. The number of rotatable bonds is 5. The lowest BCUT2D eigenvalue weighted by Gasteiger charge is -2.12. The van der Waals surface area contributed by atoms with Crippen LogP contribution in [0.5, 0.6) is 0 Å². The van der Waals surface area contributed by atoms with Crippen LogP contribution in [0.4, 0.5) is 23.1 Å². The van der Waals surface area contributed by atoms with E-state index >= 15 is 0 Å². The van der Waals surface area contributed by atoms with Crippen LogP contribution in [0.1, 0.15) is 21.5 Å². The van der Waals surface area contributed by atoms with Crippen LogP contribution in [-0.2, 0) is 4.74 Å². The van der Waals surface area contributed by atoms with E-state index in [0.717, 1.165) is 16.8 Å². The maximum atomic E-state index is 11.7. The summed E-state index contributed by atoms with van der Waals surface area (Å²) in [5, 5.41) is 6.80. The lowest BCUT2D eigenvalue weighted by atomic mass is 10.1. The van der Waals surface area contributed by atoms with Gasteiger partial charge in [0.25, 0.3) is 0 Å². The van der Waals surface area contributed by atoms with Gasteiger partial charge in [0.15, 0.2) is 0 Å². The molecule has 0 spiro atoms. The van der Waals surface area contributed by atoms with E-state index in [9.17, 15) is 4.79 Å². The zero-order chi connectivity index (χ0) is 19.4. The summed E-state index contributed by atoms with van der Waals surface area (Å²) < 4.78 is 4.74. The van der Waals surface area contributed by atoms with Crippen molar-refractivity contribution in [2.24, 2.45) is 0 Å². The second kappa shape index (κ2) is 8.05. The number of aromatic nitrogens is 2. The maximum Gasteiger partial charge on any atom is 0.337 e. The average Bonchev–Trinajstić information content (AvgIpc) is 2.66. The lowest BCUT2D eigenvalue weighted by Crippen LogP contribution is -2.04. The van der Waals surface area contributed by atoms with Crippen molar-refractivity contribution >= 4 is 40.7 Å². The van der Waals surface area contributed by atoms with Crippen LogP contribution < -0.4 is 10.6 Å². The van der Waals surface area contributed by atoms with E-state index in [2.05, 4.69) is 26.7 Å². The Balaban J connectivity index is 1.84. The van der Waals surface area contributed by atoms with E-state index < -0.39 is 5.97 Å². The third kappa shape index (κ3) is 4.54. The molecule has 0 bridgehead atoms. The molecular weight excluding hydrogens is 364 g/mol. The number of halogens is 1. The fourth-order valence-electron chi connectivity index (χ4n) is 2.48. The van der Waals surface area contributed by atoms with Gasteiger partial charge < -0.3 is 15.4 Å². The summed E-state index contributed by atoms with van der Waals surface area (Å²) in [5.74, 6) is 0.561. The average molecular weight is 383 g/mol. The number of carbonyl (C=O) groups is 1. The Morgan fingerprint density at radius 3 is 2.63 bits per heavy atom. The van der Waals surface area contributed by atoms with Crippen molar-refractivity contribution in [1.82, 2.24) is 9.97 Å². The molecule has 3 rings (SSSR count). The first kappa shape index (κ1) is 18.7. The predicted molar refractivity (Wildman–Crippen MR) is 107 cm³/mol. The second-order valence-corrected chi connectivity index (χ2v) is 6.43. The molecule has 138 valence electrons. The summed E-state index contributed by atoms with van der Waals surface area (Å²) in [5.41, 5.74) is 4.13. The number of hydrogen-bond acceptors (Lipinski definition) is 6. The Morgan fingerprint density at radius 1 is 1.04 bits per heavy atom. The molecule has 1 heterocycles. The highest BCUT2D eigenvalue weighted by Crippen LogP contribution is 2.27. The van der Waals surface area contributed by atoms with Gasteiger partial charge in [-0.2, -0.15) is 4.98 Å². The highest BCUT2D eigenvalue weighted by Gasteiger charge is 2.10. The number of esters is 1. The van der Waals surface area contributed by atoms with Crippen molar-refractivity contribution in [1.29, 1.82) is 0 Å². The molecule has 0 saturated heterocycles. The molecule has 7 heteroatoms. The summed E-state index contributed by atoms with van der Waals surface area (Å²) >= 11 is 6.23. The normalized spacial score (nSPS) is 10.4. The van der Waals surface area contributed by atoms with Gasteiger partial charge in [0.2, 0.25) is 5.95 Å². The number of nitrogens with one attached hydrogen (secondary N) is 2. The third-order valence-electron chi connectivity index (χ3n) is 3.95. The fraction of sp³-hybridized carbons (Fsp3) is 0.150. The van der Waals surface area contributed by atoms with Crippen molar-refractivity contribution in [3.63, 3.8) is 0 Å². The Bertz CT molecular complexity index is 991. The SMILES string of the molecule is COC(=O)c1ccc(Cl)c(Nc2ccnc(Nc3cc(C)ccc3C)n2)c1. The summed E-state index contributed by atoms with van der Waals surface area (Å²) in [4.78, 5) is 20.4. The fourth-order valence-corrected chi connectivity index (χ4v) is 2.65. The number of anilines is 4. The standard InChI is InChI=1S/C20H19ClN4O2/c1-12-4-5-13(2)16(10-12)24-20-22-9-8-18(25-20)23-17-11-14(19(26)27-3)6-7-15(17)21/h4-11H,1-3H3,(H2,22,23,24,25). The Kier molecular flexibility index (Phi) is 5.57. The van der Waals surface area contributed by atoms with Gasteiger partial charge in [-0.3, -0.25) is 0 Å². The first-order chi connectivity index (χ1) is 13.0. The number of nitrogens with zero attached hydrogens (tertiary/aromatic N) is 2. The molecule has 0 radical (unpaired) electrons. The van der Waals surface area contributed by atoms with E-state index in [0.29, 0.717) is 28.0 Å². The largest absolute Gasteiger partial charge is 0.465 e. The molecule has 6 nitrogen and oxygen atoms in total. The molecule has 1 aromatic heterocycles. The van der Waals surface area contributed by atoms with E-state index in [-0.39, 0.29) is 0 Å².